The van der Waals surface area contributed by atoms with Crippen LogP contribution in [0.2, 0.25) is 0 Å². The van der Waals surface area contributed by atoms with E-state index in [1.54, 1.807) is 0 Å². The van der Waals surface area contributed by atoms with Gasteiger partial charge in [-0.3, -0.25) is 0 Å². The quantitative estimate of drug-likeness (QED) is 0.129. The Morgan fingerprint density at radius 2 is 0.925 bits per heavy atom. The fourth-order valence-corrected chi connectivity index (χ4v) is 3.26. The Hall–Kier alpha value is -1.94. The average Bonchev–Trinajstić information content (AvgIpc) is 2.99. The molecule has 0 aliphatic heterocycles. The van der Waals surface area contributed by atoms with Gasteiger partial charge in [0.15, 0.2) is 0 Å². The Labute approximate surface area is 256 Å². The summed E-state index contributed by atoms with van der Waals surface area (Å²) in [6.45, 7) is 29.1. The van der Waals surface area contributed by atoms with Crippen molar-refractivity contribution in [1.82, 2.24) is 0 Å². The van der Waals surface area contributed by atoms with Crippen LogP contribution in [0.3, 0.4) is 0 Å². The van der Waals surface area contributed by atoms with E-state index in [0.29, 0.717) is 0 Å². The molecule has 0 amide bonds. The van der Waals surface area contributed by atoms with Crippen LogP contribution < -0.4 is 5.73 Å². The Bertz CT molecular complexity index is 511. The minimum Gasteiger partial charge on any atom is -0.405 e. The molecule has 238 valence electrons. The van der Waals surface area contributed by atoms with Crippen LogP contribution in [0.5, 0.6) is 0 Å². The molecule has 1 aromatic carbocycles. The number of terminal acetylenes is 1. The number of benzene rings is 1. The second-order valence-electron chi connectivity index (χ2n) is 10.0. The molecule has 40 heavy (non-hydrogen) atoms. The van der Waals surface area contributed by atoms with E-state index in [-0.39, 0.29) is 0 Å². The normalized spacial score (nSPS) is 9.28. The zero-order valence-electron chi connectivity index (χ0n) is 29.3. The maximum atomic E-state index is 4.61. The van der Waals surface area contributed by atoms with E-state index < -0.39 is 0 Å². The van der Waals surface area contributed by atoms with Crippen molar-refractivity contribution >= 4 is 0 Å². The smallest absolute Gasteiger partial charge is 0.0136 e. The predicted molar refractivity (Wildman–Crippen MR) is 193 cm³/mol. The Kier molecular flexibility index (Phi) is 72.6. The lowest BCUT2D eigenvalue weighted by molar-refractivity contribution is 0.509. The monoisotopic (exact) mass is 560 g/mol. The highest BCUT2D eigenvalue weighted by Gasteiger charge is 1.96. The molecule has 1 rings (SSSR count). The molecule has 0 spiro atoms. The highest BCUT2D eigenvalue weighted by atomic mass is 14.5. The first kappa shape index (κ1) is 50.9. The van der Waals surface area contributed by atoms with Crippen molar-refractivity contribution in [2.45, 2.75) is 171 Å². The maximum Gasteiger partial charge on any atom is -0.0136 e. The third kappa shape index (κ3) is 60.5. The second kappa shape index (κ2) is 57.1. The third-order valence-electron chi connectivity index (χ3n) is 5.89. The molecule has 1 aromatic rings. The summed E-state index contributed by atoms with van der Waals surface area (Å²) in [4.78, 5) is 0. The molecule has 0 radical (unpaired) electrons. The summed E-state index contributed by atoms with van der Waals surface area (Å²) in [5.74, 6) is 0.949. The summed E-state index contributed by atoms with van der Waals surface area (Å²) in [6.07, 6.45) is 32.1. The predicted octanol–water partition coefficient (Wildman–Crippen LogP) is 13.5. The van der Waals surface area contributed by atoms with Gasteiger partial charge in [-0.15, -0.1) is 26.0 Å². The molecule has 0 aliphatic rings. The van der Waals surface area contributed by atoms with Crippen LogP contribution in [-0.4, -0.2) is 0 Å². The van der Waals surface area contributed by atoms with E-state index >= 15 is 0 Å². The second-order valence-corrected chi connectivity index (χ2v) is 10.0. The minimum atomic E-state index is 0.949. The molecular formula is C39H77N. The lowest BCUT2D eigenvalue weighted by atomic mass is 10.0. The van der Waals surface area contributed by atoms with Crippen molar-refractivity contribution in [3.05, 3.63) is 61.3 Å². The van der Waals surface area contributed by atoms with Gasteiger partial charge in [0.1, 0.15) is 0 Å². The number of hydrogen-bond acceptors (Lipinski definition) is 1. The third-order valence-corrected chi connectivity index (χ3v) is 5.89. The lowest BCUT2D eigenvalue weighted by Crippen LogP contribution is -1.89. The topological polar surface area (TPSA) is 26.0 Å². The Morgan fingerprint density at radius 1 is 0.625 bits per heavy atom. The van der Waals surface area contributed by atoms with Crippen molar-refractivity contribution in [3.63, 3.8) is 0 Å². The van der Waals surface area contributed by atoms with Gasteiger partial charge in [-0.1, -0.05) is 177 Å². The van der Waals surface area contributed by atoms with Gasteiger partial charge in [-0.05, 0) is 48.9 Å². The summed E-state index contributed by atoms with van der Waals surface area (Å²) < 4.78 is 0. The molecular weight excluding hydrogens is 482 g/mol. The van der Waals surface area contributed by atoms with Crippen LogP contribution in [-0.2, 0) is 12.8 Å². The summed E-state index contributed by atoms with van der Waals surface area (Å²) in [6, 6.07) is 9.35. The van der Waals surface area contributed by atoms with Gasteiger partial charge < -0.3 is 5.73 Å². The Morgan fingerprint density at radius 3 is 1.20 bits per heavy atom. The van der Waals surface area contributed by atoms with Gasteiger partial charge in [0.25, 0.3) is 0 Å². The molecule has 0 bridgehead atoms. The number of aryl methyl sites for hydroxylation is 2. The molecule has 1 atom stereocenters. The van der Waals surface area contributed by atoms with Crippen molar-refractivity contribution in [1.29, 1.82) is 0 Å². The van der Waals surface area contributed by atoms with Crippen LogP contribution in [0.4, 0.5) is 0 Å². The lowest BCUT2D eigenvalue weighted by Gasteiger charge is -2.04. The zero-order valence-corrected chi connectivity index (χ0v) is 29.3. The van der Waals surface area contributed by atoms with E-state index in [2.05, 4.69) is 125 Å². The summed E-state index contributed by atoms with van der Waals surface area (Å²) in [5.41, 5.74) is 7.65. The molecule has 0 aromatic heterocycles. The summed E-state index contributed by atoms with van der Waals surface area (Å²) in [7, 11) is 0. The van der Waals surface area contributed by atoms with E-state index in [4.69, 9.17) is 0 Å². The molecule has 0 saturated heterocycles. The molecule has 0 heterocycles. The molecule has 0 fully saturated rings. The zero-order chi connectivity index (χ0) is 32.3. The van der Waals surface area contributed by atoms with Crippen LogP contribution in [0.1, 0.15) is 170 Å². The van der Waals surface area contributed by atoms with Crippen LogP contribution in [0.25, 0.3) is 0 Å². The molecule has 0 saturated carbocycles. The molecule has 0 aliphatic carbocycles. The van der Waals surface area contributed by atoms with Gasteiger partial charge in [-0.25, -0.2) is 0 Å². The van der Waals surface area contributed by atoms with Crippen molar-refractivity contribution in [3.8, 4) is 12.8 Å². The standard InChI is InChI=1S/C19H32.C7H16.C4H10.C3H8.C2H5N.C2H4.C2H2/c1-3-5-7-8-9-11-13-19-16-14-18(15-17-19)12-10-6-4-2;1-4-6-7(3)5-2;1-3-4-2;1-3-2;1-2-3;2*1-2/h14-17H,3-13H2,1-2H3;7H,4-6H2,1-3H3;3-4H2,1-2H3;3H2,1-2H3;2H,1,3H2;1-2H2;1-2H/t;7-;;;;;/m.0...../s1. The van der Waals surface area contributed by atoms with Crippen molar-refractivity contribution < 1.29 is 0 Å². The SMILES string of the molecule is C#C.C=C.C=CN.CCC.CCCC.CCCCCCCCc1ccc(CCCCC)cc1.CCC[C@@H](C)CC. The van der Waals surface area contributed by atoms with Gasteiger partial charge in [0.2, 0.25) is 0 Å². The fraction of sp³-hybridized carbons (Fsp3) is 0.692. The van der Waals surface area contributed by atoms with Gasteiger partial charge >= 0.3 is 0 Å². The molecule has 1 heteroatoms. The number of unbranched alkanes of at least 4 members (excludes halogenated alkanes) is 8. The van der Waals surface area contributed by atoms with Gasteiger partial charge in [0.05, 0.1) is 0 Å². The highest BCUT2D eigenvalue weighted by molar-refractivity contribution is 5.22. The van der Waals surface area contributed by atoms with Crippen LogP contribution >= 0.6 is 0 Å². The number of nitrogens with two attached hydrogens (primary N) is 1. The van der Waals surface area contributed by atoms with E-state index in [0.717, 1.165) is 5.92 Å². The van der Waals surface area contributed by atoms with E-state index in [9.17, 15) is 0 Å². The number of hydrogen-bond donors (Lipinski definition) is 1. The minimum absolute atomic E-state index is 0.949. The average molecular weight is 560 g/mol. The van der Waals surface area contributed by atoms with Crippen LogP contribution in [0, 0.1) is 18.8 Å². The largest absolute Gasteiger partial charge is 0.405 e. The first-order valence-corrected chi connectivity index (χ1v) is 16.7. The maximum absolute atomic E-state index is 4.61. The molecule has 2 N–H and O–H groups in total. The molecule has 0 unspecified atom stereocenters. The fourth-order valence-electron chi connectivity index (χ4n) is 3.26. The van der Waals surface area contributed by atoms with Gasteiger partial charge in [0, 0.05) is 0 Å². The number of rotatable bonds is 15. The Balaban J connectivity index is -0.000000113. The van der Waals surface area contributed by atoms with Crippen LogP contribution in [0.15, 0.2) is 50.2 Å². The van der Waals surface area contributed by atoms with Crippen molar-refractivity contribution in [2.75, 3.05) is 0 Å². The summed E-state index contributed by atoms with van der Waals surface area (Å²) >= 11 is 0. The molecule has 1 nitrogen and oxygen atoms in total. The first-order valence-electron chi connectivity index (χ1n) is 16.7. The van der Waals surface area contributed by atoms with Crippen molar-refractivity contribution in [2.24, 2.45) is 11.7 Å². The van der Waals surface area contributed by atoms with Gasteiger partial charge in [-0.2, -0.15) is 0 Å². The summed E-state index contributed by atoms with van der Waals surface area (Å²) in [5, 5.41) is 0. The first-order chi connectivity index (χ1) is 19.4. The van der Waals surface area contributed by atoms with E-state index in [1.807, 2.05) is 0 Å². The van der Waals surface area contributed by atoms with E-state index in [1.165, 1.54) is 126 Å². The highest BCUT2D eigenvalue weighted by Crippen LogP contribution is 2.13.